The van der Waals surface area contributed by atoms with Crippen LogP contribution in [0.4, 0.5) is 4.39 Å². The minimum Gasteiger partial charge on any atom is -0.310 e. The summed E-state index contributed by atoms with van der Waals surface area (Å²) in [5, 5.41) is 3.01. The second kappa shape index (κ2) is 6.43. The number of rotatable bonds is 3. The highest BCUT2D eigenvalue weighted by molar-refractivity contribution is 7.17. The molecule has 6 heteroatoms. The second-order valence-corrected chi connectivity index (χ2v) is 6.89. The van der Waals surface area contributed by atoms with Crippen LogP contribution >= 0.6 is 22.9 Å². The van der Waals surface area contributed by atoms with Gasteiger partial charge in [-0.2, -0.15) is 0 Å². The van der Waals surface area contributed by atoms with Gasteiger partial charge in [-0.05, 0) is 23.8 Å². The third-order valence-corrected chi connectivity index (χ3v) is 5.12. The minimum atomic E-state index is -0.307. The molecule has 0 atom stereocenters. The number of halogens is 2. The van der Waals surface area contributed by atoms with Crippen LogP contribution in [0.1, 0.15) is 11.4 Å². The van der Waals surface area contributed by atoms with Crippen LogP contribution in [-0.4, -0.2) is 9.97 Å². The van der Waals surface area contributed by atoms with Crippen LogP contribution in [0.2, 0.25) is 5.02 Å². The van der Waals surface area contributed by atoms with Crippen molar-refractivity contribution in [2.45, 2.75) is 6.42 Å². The predicted octanol–water partition coefficient (Wildman–Crippen LogP) is 5.03. The van der Waals surface area contributed by atoms with E-state index in [4.69, 9.17) is 11.6 Å². The summed E-state index contributed by atoms with van der Waals surface area (Å²) in [6, 6.07) is 13.7. The molecule has 0 aliphatic heterocycles. The summed E-state index contributed by atoms with van der Waals surface area (Å²) in [6.45, 7) is 0. The van der Waals surface area contributed by atoms with E-state index in [0.717, 1.165) is 16.7 Å². The molecule has 0 saturated heterocycles. The molecule has 0 radical (unpaired) electrons. The van der Waals surface area contributed by atoms with Gasteiger partial charge in [0.05, 0.1) is 5.39 Å². The number of aromatic nitrogens is 2. The first kappa shape index (κ1) is 16.0. The van der Waals surface area contributed by atoms with Crippen LogP contribution in [0, 0.1) is 5.82 Å². The fourth-order valence-electron chi connectivity index (χ4n) is 2.80. The van der Waals surface area contributed by atoms with E-state index in [9.17, 15) is 9.18 Å². The number of thiophene rings is 1. The molecule has 0 unspecified atom stereocenters. The smallest absolute Gasteiger partial charge is 0.260 e. The summed E-state index contributed by atoms with van der Waals surface area (Å²) in [5.74, 6) is 0.203. The van der Waals surface area contributed by atoms with Crippen molar-refractivity contribution in [2.24, 2.45) is 0 Å². The molecule has 0 amide bonds. The molecule has 0 bridgehead atoms. The van der Waals surface area contributed by atoms with E-state index in [-0.39, 0.29) is 11.4 Å². The Kier molecular flexibility index (Phi) is 4.11. The van der Waals surface area contributed by atoms with Gasteiger partial charge in [0.1, 0.15) is 16.5 Å². The molecule has 25 heavy (non-hydrogen) atoms. The Labute approximate surface area is 151 Å². The Morgan fingerprint density at radius 1 is 1.12 bits per heavy atom. The topological polar surface area (TPSA) is 45.8 Å². The van der Waals surface area contributed by atoms with Crippen molar-refractivity contribution in [2.75, 3.05) is 0 Å². The van der Waals surface area contributed by atoms with E-state index < -0.39 is 0 Å². The van der Waals surface area contributed by atoms with Crippen molar-refractivity contribution in [3.05, 3.63) is 86.5 Å². The van der Waals surface area contributed by atoms with Crippen molar-refractivity contribution >= 4 is 33.2 Å². The summed E-state index contributed by atoms with van der Waals surface area (Å²) in [4.78, 5) is 20.6. The van der Waals surface area contributed by atoms with Crippen LogP contribution in [-0.2, 0) is 6.42 Å². The van der Waals surface area contributed by atoms with Gasteiger partial charge in [0.15, 0.2) is 0 Å². The molecular formula is C19H12ClFN2OS. The van der Waals surface area contributed by atoms with Gasteiger partial charge < -0.3 is 4.98 Å². The number of nitrogens with zero attached hydrogens (tertiary/aromatic N) is 1. The maximum atomic E-state index is 13.3. The Bertz CT molecular complexity index is 1140. The minimum absolute atomic E-state index is 0.215. The van der Waals surface area contributed by atoms with E-state index >= 15 is 0 Å². The molecule has 0 aliphatic carbocycles. The fourth-order valence-corrected chi connectivity index (χ4v) is 3.99. The highest BCUT2D eigenvalue weighted by atomic mass is 35.5. The first-order chi connectivity index (χ1) is 12.1. The summed E-state index contributed by atoms with van der Waals surface area (Å²) in [5.41, 5.74) is 2.12. The summed E-state index contributed by atoms with van der Waals surface area (Å²) in [6.07, 6.45) is 0.363. The number of aromatic amines is 1. The fraction of sp³-hybridized carbons (Fsp3) is 0.0526. The van der Waals surface area contributed by atoms with Gasteiger partial charge in [0, 0.05) is 28.0 Å². The number of nitrogens with one attached hydrogen (secondary N) is 1. The Morgan fingerprint density at radius 3 is 2.76 bits per heavy atom. The van der Waals surface area contributed by atoms with E-state index in [2.05, 4.69) is 9.97 Å². The van der Waals surface area contributed by atoms with E-state index in [0.29, 0.717) is 27.5 Å². The van der Waals surface area contributed by atoms with Gasteiger partial charge >= 0.3 is 0 Å². The van der Waals surface area contributed by atoms with Crippen LogP contribution in [0.25, 0.3) is 21.3 Å². The average molecular weight is 371 g/mol. The van der Waals surface area contributed by atoms with Crippen molar-refractivity contribution in [1.29, 1.82) is 0 Å². The lowest BCUT2D eigenvalue weighted by atomic mass is 10.1. The first-order valence-corrected chi connectivity index (χ1v) is 8.87. The maximum absolute atomic E-state index is 13.3. The highest BCUT2D eigenvalue weighted by Gasteiger charge is 2.15. The molecule has 0 fully saturated rings. The van der Waals surface area contributed by atoms with Gasteiger partial charge in [0.25, 0.3) is 5.56 Å². The highest BCUT2D eigenvalue weighted by Crippen LogP contribution is 2.34. The lowest BCUT2D eigenvalue weighted by Crippen LogP contribution is -2.11. The zero-order valence-corrected chi connectivity index (χ0v) is 14.5. The normalized spacial score (nSPS) is 11.1. The molecule has 4 rings (SSSR count). The molecular weight excluding hydrogens is 359 g/mol. The van der Waals surface area contributed by atoms with Crippen molar-refractivity contribution in [1.82, 2.24) is 9.97 Å². The molecule has 3 nitrogen and oxygen atoms in total. The van der Waals surface area contributed by atoms with Gasteiger partial charge in [-0.15, -0.1) is 11.3 Å². The first-order valence-electron chi connectivity index (χ1n) is 7.61. The summed E-state index contributed by atoms with van der Waals surface area (Å²) in [7, 11) is 0. The van der Waals surface area contributed by atoms with Crippen LogP contribution in [0.15, 0.2) is 58.7 Å². The summed E-state index contributed by atoms with van der Waals surface area (Å²) >= 11 is 7.65. The van der Waals surface area contributed by atoms with Crippen molar-refractivity contribution in [3.63, 3.8) is 0 Å². The second-order valence-electron chi connectivity index (χ2n) is 5.63. The number of hydrogen-bond acceptors (Lipinski definition) is 3. The van der Waals surface area contributed by atoms with Crippen molar-refractivity contribution < 1.29 is 4.39 Å². The molecule has 0 spiro atoms. The molecule has 0 aliphatic rings. The molecule has 2 aromatic heterocycles. The SMILES string of the molecule is O=c1[nH]c(Cc2cccc(F)c2)nc2scc(-c3ccccc3Cl)c12. The van der Waals surface area contributed by atoms with Crippen LogP contribution in [0.3, 0.4) is 0 Å². The zero-order chi connectivity index (χ0) is 17.4. The Hall–Kier alpha value is -2.50. The number of hydrogen-bond donors (Lipinski definition) is 1. The third-order valence-electron chi connectivity index (χ3n) is 3.92. The Balaban J connectivity index is 1.80. The standard InChI is InChI=1S/C19H12ClFN2OS/c20-15-7-2-1-6-13(15)14-10-25-19-17(14)18(24)22-16(23-19)9-11-4-3-5-12(21)8-11/h1-8,10H,9H2,(H,22,23,24). The van der Waals surface area contributed by atoms with E-state index in [1.54, 1.807) is 18.2 Å². The lowest BCUT2D eigenvalue weighted by Gasteiger charge is -2.04. The maximum Gasteiger partial charge on any atom is 0.260 e. The number of fused-ring (bicyclic) bond motifs is 1. The molecule has 0 saturated carbocycles. The van der Waals surface area contributed by atoms with E-state index in [1.165, 1.54) is 23.5 Å². The van der Waals surface area contributed by atoms with E-state index in [1.807, 2.05) is 23.6 Å². The monoisotopic (exact) mass is 370 g/mol. The molecule has 2 heterocycles. The molecule has 1 N–H and O–H groups in total. The van der Waals surface area contributed by atoms with Crippen LogP contribution < -0.4 is 5.56 Å². The third kappa shape index (κ3) is 3.08. The van der Waals surface area contributed by atoms with Gasteiger partial charge in [-0.3, -0.25) is 4.79 Å². The number of H-pyrrole nitrogens is 1. The lowest BCUT2D eigenvalue weighted by molar-refractivity contribution is 0.626. The van der Waals surface area contributed by atoms with Gasteiger partial charge in [0.2, 0.25) is 0 Å². The van der Waals surface area contributed by atoms with Crippen molar-refractivity contribution in [3.8, 4) is 11.1 Å². The van der Waals surface area contributed by atoms with Gasteiger partial charge in [-0.25, -0.2) is 9.37 Å². The molecule has 4 aromatic rings. The molecule has 2 aromatic carbocycles. The zero-order valence-electron chi connectivity index (χ0n) is 12.9. The number of benzene rings is 2. The average Bonchev–Trinajstić information content (AvgIpc) is 2.99. The predicted molar refractivity (Wildman–Crippen MR) is 99.9 cm³/mol. The largest absolute Gasteiger partial charge is 0.310 e. The van der Waals surface area contributed by atoms with Crippen LogP contribution in [0.5, 0.6) is 0 Å². The van der Waals surface area contributed by atoms with Gasteiger partial charge in [-0.1, -0.05) is 41.9 Å². The Morgan fingerprint density at radius 2 is 1.96 bits per heavy atom. The molecule has 124 valence electrons. The summed E-state index contributed by atoms with van der Waals surface area (Å²) < 4.78 is 13.3. The quantitative estimate of drug-likeness (QED) is 0.549.